The van der Waals surface area contributed by atoms with E-state index in [9.17, 15) is 9.59 Å². The third-order valence-electron chi connectivity index (χ3n) is 5.68. The van der Waals surface area contributed by atoms with Gasteiger partial charge in [-0.05, 0) is 50.5 Å². The van der Waals surface area contributed by atoms with Gasteiger partial charge < -0.3 is 15.0 Å². The summed E-state index contributed by atoms with van der Waals surface area (Å²) in [6.45, 7) is 2.45. The second kappa shape index (κ2) is 9.60. The molecule has 164 valence electrons. The van der Waals surface area contributed by atoms with Crippen LogP contribution in [0.15, 0.2) is 60.8 Å². The number of rotatable bonds is 5. The Labute approximate surface area is 187 Å². The molecule has 32 heavy (non-hydrogen) atoms. The Balaban J connectivity index is 1.56. The largest absolute Gasteiger partial charge is 0.495 e. The maximum Gasteiger partial charge on any atom is 0.259 e. The van der Waals surface area contributed by atoms with E-state index in [0.29, 0.717) is 40.6 Å². The van der Waals surface area contributed by atoms with Gasteiger partial charge in [0.25, 0.3) is 11.8 Å². The van der Waals surface area contributed by atoms with E-state index in [0.717, 1.165) is 19.3 Å². The van der Waals surface area contributed by atoms with Crippen LogP contribution in [0.3, 0.4) is 0 Å². The molecule has 7 nitrogen and oxygen atoms in total. The van der Waals surface area contributed by atoms with Crippen LogP contribution in [0, 0.1) is 6.92 Å². The van der Waals surface area contributed by atoms with Crippen molar-refractivity contribution >= 4 is 17.5 Å². The lowest BCUT2D eigenvalue weighted by molar-refractivity contribution is 0.0599. The third kappa shape index (κ3) is 4.46. The SMILES string of the molecule is COc1ccccc1NC(=O)c1cnc(C2CCCCN2C(=O)c2ccccc2)nc1C. The molecule has 1 aliphatic heterocycles. The van der Waals surface area contributed by atoms with Gasteiger partial charge in [0.05, 0.1) is 30.1 Å². The lowest BCUT2D eigenvalue weighted by atomic mass is 9.99. The van der Waals surface area contributed by atoms with E-state index in [-0.39, 0.29) is 17.9 Å². The predicted molar refractivity (Wildman–Crippen MR) is 122 cm³/mol. The molecule has 0 saturated carbocycles. The van der Waals surface area contributed by atoms with E-state index >= 15 is 0 Å². The molecule has 4 rings (SSSR count). The quantitative estimate of drug-likeness (QED) is 0.648. The zero-order valence-corrected chi connectivity index (χ0v) is 18.2. The van der Waals surface area contributed by atoms with Gasteiger partial charge in [0.15, 0.2) is 5.82 Å². The summed E-state index contributed by atoms with van der Waals surface area (Å²) in [5, 5.41) is 2.86. The van der Waals surface area contributed by atoms with Crippen LogP contribution in [0.2, 0.25) is 0 Å². The van der Waals surface area contributed by atoms with Crippen molar-refractivity contribution in [1.82, 2.24) is 14.9 Å². The van der Waals surface area contributed by atoms with Gasteiger partial charge in [-0.15, -0.1) is 0 Å². The second-order valence-corrected chi connectivity index (χ2v) is 7.76. The number of amides is 2. The number of anilines is 1. The second-order valence-electron chi connectivity index (χ2n) is 7.76. The third-order valence-corrected chi connectivity index (χ3v) is 5.68. The molecule has 1 aliphatic rings. The van der Waals surface area contributed by atoms with Gasteiger partial charge in [-0.1, -0.05) is 30.3 Å². The minimum atomic E-state index is -0.306. The summed E-state index contributed by atoms with van der Waals surface area (Å²) in [5.74, 6) is 0.822. The molecule has 0 bridgehead atoms. The minimum Gasteiger partial charge on any atom is -0.495 e. The van der Waals surface area contributed by atoms with E-state index < -0.39 is 0 Å². The van der Waals surface area contributed by atoms with Crippen molar-refractivity contribution in [3.8, 4) is 5.75 Å². The number of benzene rings is 2. The van der Waals surface area contributed by atoms with Crippen LogP contribution >= 0.6 is 0 Å². The number of methoxy groups -OCH3 is 1. The molecule has 0 aliphatic carbocycles. The molecule has 1 atom stereocenters. The highest BCUT2D eigenvalue weighted by Gasteiger charge is 2.31. The van der Waals surface area contributed by atoms with Gasteiger partial charge >= 0.3 is 0 Å². The van der Waals surface area contributed by atoms with E-state index in [1.54, 1.807) is 32.4 Å². The molecule has 2 aromatic carbocycles. The first-order valence-electron chi connectivity index (χ1n) is 10.7. The van der Waals surface area contributed by atoms with Crippen molar-refractivity contribution in [3.05, 3.63) is 83.4 Å². The standard InChI is InChI=1S/C25H26N4O3/c1-17-19(24(30)28-20-12-6-7-14-22(20)32-2)16-26-23(27-17)21-13-8-9-15-29(21)25(31)18-10-4-3-5-11-18/h3-7,10-12,14,16,21H,8-9,13,15H2,1-2H3,(H,28,30). The van der Waals surface area contributed by atoms with E-state index in [1.165, 1.54) is 0 Å². The molecule has 0 spiro atoms. The maximum absolute atomic E-state index is 13.1. The molecule has 2 amide bonds. The number of ether oxygens (including phenoxy) is 1. The number of carbonyl (C=O) groups excluding carboxylic acids is 2. The van der Waals surface area contributed by atoms with E-state index in [1.807, 2.05) is 47.4 Å². The van der Waals surface area contributed by atoms with Crippen LogP contribution in [-0.2, 0) is 0 Å². The molecule has 1 saturated heterocycles. The molecule has 1 N–H and O–H groups in total. The molecule has 1 fully saturated rings. The Morgan fingerprint density at radius 2 is 1.81 bits per heavy atom. The highest BCUT2D eigenvalue weighted by Crippen LogP contribution is 2.31. The number of para-hydroxylation sites is 2. The molecule has 7 heteroatoms. The normalized spacial score (nSPS) is 15.8. The van der Waals surface area contributed by atoms with Gasteiger partial charge in [-0.25, -0.2) is 9.97 Å². The maximum atomic E-state index is 13.1. The van der Waals surface area contributed by atoms with Crippen molar-refractivity contribution in [2.75, 3.05) is 19.0 Å². The molecular formula is C25H26N4O3. The summed E-state index contributed by atoms with van der Waals surface area (Å²) in [5.41, 5.74) is 2.19. The van der Waals surface area contributed by atoms with Crippen LogP contribution in [0.25, 0.3) is 0 Å². The van der Waals surface area contributed by atoms with Crippen molar-refractivity contribution < 1.29 is 14.3 Å². The summed E-state index contributed by atoms with van der Waals surface area (Å²) < 4.78 is 5.30. The van der Waals surface area contributed by atoms with Gasteiger partial charge in [0.2, 0.25) is 0 Å². The van der Waals surface area contributed by atoms with Gasteiger partial charge in [0.1, 0.15) is 5.75 Å². The zero-order chi connectivity index (χ0) is 22.5. The van der Waals surface area contributed by atoms with Crippen molar-refractivity contribution in [1.29, 1.82) is 0 Å². The number of hydrogen-bond acceptors (Lipinski definition) is 5. The lowest BCUT2D eigenvalue weighted by Gasteiger charge is -2.35. The number of nitrogens with one attached hydrogen (secondary N) is 1. The Morgan fingerprint density at radius 1 is 1.06 bits per heavy atom. The Morgan fingerprint density at radius 3 is 2.56 bits per heavy atom. The molecule has 3 aromatic rings. The topological polar surface area (TPSA) is 84.4 Å². The summed E-state index contributed by atoms with van der Waals surface area (Å²) in [4.78, 5) is 36.9. The monoisotopic (exact) mass is 430 g/mol. The average molecular weight is 431 g/mol. The smallest absolute Gasteiger partial charge is 0.259 e. The fourth-order valence-electron chi connectivity index (χ4n) is 4.00. The molecule has 1 unspecified atom stereocenters. The lowest BCUT2D eigenvalue weighted by Crippen LogP contribution is -2.39. The van der Waals surface area contributed by atoms with Crippen molar-refractivity contribution in [3.63, 3.8) is 0 Å². The number of piperidine rings is 1. The first kappa shape index (κ1) is 21.5. The number of aryl methyl sites for hydroxylation is 1. The van der Waals surface area contributed by atoms with Crippen LogP contribution in [0.4, 0.5) is 5.69 Å². The molecule has 1 aromatic heterocycles. The minimum absolute atomic E-state index is 0.0189. The van der Waals surface area contributed by atoms with E-state index in [4.69, 9.17) is 4.74 Å². The Bertz CT molecular complexity index is 1120. The average Bonchev–Trinajstić information content (AvgIpc) is 2.84. The number of hydrogen-bond donors (Lipinski definition) is 1. The Hall–Kier alpha value is -3.74. The number of aromatic nitrogens is 2. The fraction of sp³-hybridized carbons (Fsp3) is 0.280. The number of likely N-dealkylation sites (tertiary alicyclic amines) is 1. The number of nitrogens with zero attached hydrogens (tertiary/aromatic N) is 3. The molecular weight excluding hydrogens is 404 g/mol. The fourth-order valence-corrected chi connectivity index (χ4v) is 4.00. The van der Waals surface area contributed by atoms with Crippen molar-refractivity contribution in [2.24, 2.45) is 0 Å². The van der Waals surface area contributed by atoms with E-state index in [2.05, 4.69) is 15.3 Å². The Kier molecular flexibility index (Phi) is 6.44. The van der Waals surface area contributed by atoms with Gasteiger partial charge in [-0.3, -0.25) is 9.59 Å². The summed E-state index contributed by atoms with van der Waals surface area (Å²) in [7, 11) is 1.56. The predicted octanol–water partition coefficient (Wildman–Crippen LogP) is 4.41. The molecule has 0 radical (unpaired) electrons. The summed E-state index contributed by atoms with van der Waals surface area (Å²) in [6.07, 6.45) is 4.29. The highest BCUT2D eigenvalue weighted by molar-refractivity contribution is 6.05. The first-order valence-corrected chi connectivity index (χ1v) is 10.7. The van der Waals surface area contributed by atoms with Crippen LogP contribution in [-0.4, -0.2) is 40.3 Å². The van der Waals surface area contributed by atoms with Crippen LogP contribution < -0.4 is 10.1 Å². The van der Waals surface area contributed by atoms with Crippen LogP contribution in [0.5, 0.6) is 5.75 Å². The first-order chi connectivity index (χ1) is 15.6. The van der Waals surface area contributed by atoms with Crippen LogP contribution in [0.1, 0.15) is 57.5 Å². The van der Waals surface area contributed by atoms with Gasteiger partial charge in [0, 0.05) is 18.3 Å². The summed E-state index contributed by atoms with van der Waals surface area (Å²) >= 11 is 0. The highest BCUT2D eigenvalue weighted by atomic mass is 16.5. The molecule has 2 heterocycles. The zero-order valence-electron chi connectivity index (χ0n) is 18.2. The summed E-state index contributed by atoms with van der Waals surface area (Å²) in [6, 6.07) is 16.3. The van der Waals surface area contributed by atoms with Gasteiger partial charge in [-0.2, -0.15) is 0 Å². The number of carbonyl (C=O) groups is 2. The van der Waals surface area contributed by atoms with Crippen molar-refractivity contribution in [2.45, 2.75) is 32.2 Å².